The Kier molecular flexibility index (Phi) is 7.19. The number of carbonyl (C=O) groups is 1. The molecular weight excluding hydrogens is 216 g/mol. The van der Waals surface area contributed by atoms with Gasteiger partial charge in [-0.3, -0.25) is 0 Å². The van der Waals surface area contributed by atoms with Crippen LogP contribution < -0.4 is 5.32 Å². The van der Waals surface area contributed by atoms with E-state index in [0.29, 0.717) is 6.54 Å². The minimum atomic E-state index is -0.0483. The minimum absolute atomic E-state index is 0.0128. The molecule has 1 atom stereocenters. The fourth-order valence-electron chi connectivity index (χ4n) is 1.44. The number of nitrogens with zero attached hydrogens (tertiary/aromatic N) is 1. The third-order valence-corrected chi connectivity index (χ3v) is 3.31. The molecule has 0 saturated heterocycles. The Bertz CT molecular complexity index is 229. The number of nitrogens with one attached hydrogen (secondary N) is 1. The maximum Gasteiger partial charge on any atom is 0.317 e. The first kappa shape index (κ1) is 16.2. The lowest BCUT2D eigenvalue weighted by molar-refractivity contribution is 0.147. The van der Waals surface area contributed by atoms with Crippen molar-refractivity contribution < 1.29 is 9.90 Å². The maximum atomic E-state index is 11.7. The summed E-state index contributed by atoms with van der Waals surface area (Å²) < 4.78 is 0. The lowest BCUT2D eigenvalue weighted by Gasteiger charge is -2.25. The maximum absolute atomic E-state index is 11.7. The minimum Gasteiger partial charge on any atom is -0.396 e. The molecule has 0 bridgehead atoms. The molecule has 0 aromatic heterocycles. The van der Waals surface area contributed by atoms with E-state index in [-0.39, 0.29) is 24.1 Å². The molecule has 2 amide bonds. The van der Waals surface area contributed by atoms with Crippen LogP contribution >= 0.6 is 0 Å². The van der Waals surface area contributed by atoms with Crippen molar-refractivity contribution in [1.29, 1.82) is 0 Å². The van der Waals surface area contributed by atoms with Crippen LogP contribution in [0, 0.1) is 5.41 Å². The molecule has 0 aliphatic rings. The number of urea groups is 1. The van der Waals surface area contributed by atoms with Gasteiger partial charge in [0, 0.05) is 26.2 Å². The molecule has 0 heterocycles. The van der Waals surface area contributed by atoms with E-state index in [1.807, 2.05) is 27.8 Å². The molecule has 1 unspecified atom stereocenters. The second-order valence-electron chi connectivity index (χ2n) is 5.53. The fourth-order valence-corrected chi connectivity index (χ4v) is 1.44. The third kappa shape index (κ3) is 6.51. The Balaban J connectivity index is 3.79. The van der Waals surface area contributed by atoms with Gasteiger partial charge < -0.3 is 15.3 Å². The summed E-state index contributed by atoms with van der Waals surface area (Å²) in [7, 11) is 1.82. The van der Waals surface area contributed by atoms with Crippen molar-refractivity contribution in [2.45, 2.75) is 53.0 Å². The van der Waals surface area contributed by atoms with Crippen molar-refractivity contribution in [1.82, 2.24) is 10.2 Å². The van der Waals surface area contributed by atoms with Gasteiger partial charge in [0.1, 0.15) is 0 Å². The van der Waals surface area contributed by atoms with Crippen molar-refractivity contribution in [3.8, 4) is 0 Å². The van der Waals surface area contributed by atoms with E-state index in [0.717, 1.165) is 19.3 Å². The highest BCUT2D eigenvalue weighted by Crippen LogP contribution is 2.20. The Hall–Kier alpha value is -0.770. The average Bonchev–Trinajstić information content (AvgIpc) is 2.32. The van der Waals surface area contributed by atoms with E-state index in [1.54, 1.807) is 4.90 Å². The SMILES string of the molecule is CCC(C)N(C)C(=O)NCCCC(C)(C)CO. The highest BCUT2D eigenvalue weighted by molar-refractivity contribution is 5.74. The zero-order chi connectivity index (χ0) is 13.5. The predicted octanol–water partition coefficient (Wildman–Crippen LogP) is 2.23. The van der Waals surface area contributed by atoms with Gasteiger partial charge in [0.25, 0.3) is 0 Å². The van der Waals surface area contributed by atoms with Crippen LogP contribution in [-0.4, -0.2) is 42.3 Å². The molecule has 0 aromatic rings. The Morgan fingerprint density at radius 1 is 1.47 bits per heavy atom. The molecule has 2 N–H and O–H groups in total. The van der Waals surface area contributed by atoms with Gasteiger partial charge in [-0.05, 0) is 31.6 Å². The smallest absolute Gasteiger partial charge is 0.317 e. The molecule has 0 radical (unpaired) electrons. The van der Waals surface area contributed by atoms with Crippen LogP contribution in [-0.2, 0) is 0 Å². The van der Waals surface area contributed by atoms with Gasteiger partial charge in [0.05, 0.1) is 0 Å². The van der Waals surface area contributed by atoms with Crippen LogP contribution in [0.3, 0.4) is 0 Å². The Morgan fingerprint density at radius 2 is 2.06 bits per heavy atom. The summed E-state index contributed by atoms with van der Waals surface area (Å²) in [5.74, 6) is 0. The van der Waals surface area contributed by atoms with Crippen LogP contribution in [0.5, 0.6) is 0 Å². The Morgan fingerprint density at radius 3 is 2.53 bits per heavy atom. The Labute approximate surface area is 105 Å². The van der Waals surface area contributed by atoms with Crippen molar-refractivity contribution in [2.24, 2.45) is 5.41 Å². The first-order chi connectivity index (χ1) is 7.84. The summed E-state index contributed by atoms with van der Waals surface area (Å²) in [6.07, 6.45) is 2.77. The number of rotatable bonds is 7. The molecule has 0 aromatic carbocycles. The lowest BCUT2D eigenvalue weighted by Crippen LogP contribution is -2.42. The molecule has 0 aliphatic heterocycles. The number of aliphatic hydroxyl groups is 1. The second kappa shape index (κ2) is 7.54. The number of amides is 2. The van der Waals surface area contributed by atoms with E-state index in [4.69, 9.17) is 5.11 Å². The summed E-state index contributed by atoms with van der Waals surface area (Å²) in [4.78, 5) is 13.4. The van der Waals surface area contributed by atoms with Gasteiger partial charge in [-0.1, -0.05) is 20.8 Å². The zero-order valence-electron chi connectivity index (χ0n) is 11.9. The van der Waals surface area contributed by atoms with Crippen LogP contribution in [0.15, 0.2) is 0 Å². The number of hydrogen-bond donors (Lipinski definition) is 2. The molecule has 0 rings (SSSR count). The topological polar surface area (TPSA) is 52.6 Å². The monoisotopic (exact) mass is 244 g/mol. The van der Waals surface area contributed by atoms with E-state index in [9.17, 15) is 4.79 Å². The molecule has 0 spiro atoms. The summed E-state index contributed by atoms with van der Waals surface area (Å²) in [6, 6.07) is 0.255. The van der Waals surface area contributed by atoms with Crippen LogP contribution in [0.4, 0.5) is 4.79 Å². The second-order valence-corrected chi connectivity index (χ2v) is 5.53. The quantitative estimate of drug-likeness (QED) is 0.675. The van der Waals surface area contributed by atoms with Gasteiger partial charge in [0.15, 0.2) is 0 Å². The normalized spacial score (nSPS) is 13.3. The molecule has 0 aliphatic carbocycles. The van der Waals surface area contributed by atoms with Crippen molar-refractivity contribution >= 4 is 6.03 Å². The van der Waals surface area contributed by atoms with Crippen LogP contribution in [0.2, 0.25) is 0 Å². The van der Waals surface area contributed by atoms with Crippen molar-refractivity contribution in [2.75, 3.05) is 20.2 Å². The molecule has 17 heavy (non-hydrogen) atoms. The van der Waals surface area contributed by atoms with Gasteiger partial charge in [-0.25, -0.2) is 4.79 Å². The lowest BCUT2D eigenvalue weighted by atomic mass is 9.89. The van der Waals surface area contributed by atoms with Gasteiger partial charge in [-0.15, -0.1) is 0 Å². The van der Waals surface area contributed by atoms with Crippen LogP contribution in [0.25, 0.3) is 0 Å². The van der Waals surface area contributed by atoms with Crippen molar-refractivity contribution in [3.05, 3.63) is 0 Å². The molecule has 0 saturated carbocycles. The molecule has 4 heteroatoms. The van der Waals surface area contributed by atoms with Gasteiger partial charge >= 0.3 is 6.03 Å². The van der Waals surface area contributed by atoms with Gasteiger partial charge in [0.2, 0.25) is 0 Å². The van der Waals surface area contributed by atoms with Crippen molar-refractivity contribution in [3.63, 3.8) is 0 Å². The first-order valence-electron chi connectivity index (χ1n) is 6.45. The first-order valence-corrected chi connectivity index (χ1v) is 6.45. The van der Waals surface area contributed by atoms with E-state index < -0.39 is 0 Å². The van der Waals surface area contributed by atoms with Gasteiger partial charge in [-0.2, -0.15) is 0 Å². The number of carbonyl (C=O) groups excluding carboxylic acids is 1. The summed E-state index contributed by atoms with van der Waals surface area (Å²) in [5.41, 5.74) is -0.0483. The fraction of sp³-hybridized carbons (Fsp3) is 0.923. The average molecular weight is 244 g/mol. The largest absolute Gasteiger partial charge is 0.396 e. The van der Waals surface area contributed by atoms with E-state index in [2.05, 4.69) is 12.2 Å². The molecule has 0 fully saturated rings. The number of aliphatic hydroxyl groups excluding tert-OH is 1. The highest BCUT2D eigenvalue weighted by atomic mass is 16.3. The zero-order valence-corrected chi connectivity index (χ0v) is 11.9. The third-order valence-electron chi connectivity index (χ3n) is 3.31. The van der Waals surface area contributed by atoms with E-state index >= 15 is 0 Å². The predicted molar refractivity (Wildman–Crippen MR) is 71.0 cm³/mol. The summed E-state index contributed by atoms with van der Waals surface area (Å²) >= 11 is 0. The summed E-state index contributed by atoms with van der Waals surface area (Å²) in [6.45, 7) is 9.02. The molecular formula is C13H28N2O2. The molecule has 4 nitrogen and oxygen atoms in total. The number of hydrogen-bond acceptors (Lipinski definition) is 2. The standard InChI is InChI=1S/C13H28N2O2/c1-6-11(2)15(5)12(17)14-9-7-8-13(3,4)10-16/h11,16H,6-10H2,1-5H3,(H,14,17). The summed E-state index contributed by atoms with van der Waals surface area (Å²) in [5, 5.41) is 12.0. The van der Waals surface area contributed by atoms with E-state index in [1.165, 1.54) is 0 Å². The molecule has 102 valence electrons. The van der Waals surface area contributed by atoms with Crippen LogP contribution in [0.1, 0.15) is 47.0 Å². The highest BCUT2D eigenvalue weighted by Gasteiger charge is 2.16.